The summed E-state index contributed by atoms with van der Waals surface area (Å²) < 4.78 is 51.4. The average Bonchev–Trinajstić information content (AvgIpc) is 2.79. The number of hydrazine groups is 1. The molecule has 0 aliphatic carbocycles. The van der Waals surface area contributed by atoms with Crippen LogP contribution in [0, 0.1) is 11.2 Å². The van der Waals surface area contributed by atoms with Crippen LogP contribution in [-0.2, 0) is 0 Å². The third-order valence-electron chi connectivity index (χ3n) is 4.21. The van der Waals surface area contributed by atoms with Crippen molar-refractivity contribution in [2.45, 2.75) is 6.18 Å². The zero-order valence-corrected chi connectivity index (χ0v) is 18.6. The number of hydrogen-bond acceptors (Lipinski definition) is 6. The minimum absolute atomic E-state index is 0.0280. The van der Waals surface area contributed by atoms with Crippen LogP contribution in [0.15, 0.2) is 79.6 Å². The molecule has 1 heterocycles. The standard InChI is InChI=1S/C22H19ClF4N6O2/c1-12(22(25,26)27)6-8-33(29)20(28)16(14-5-7-30-19(9-14)21(34)35)11-31-13(2)32-15-3-4-18(24)17(23)10-15/h3-11,28,31-32H,1-2,29H2,(H,34,35)/b8-6-,16-11?,28-20?. The van der Waals surface area contributed by atoms with Gasteiger partial charge in [-0.15, -0.1) is 0 Å². The monoisotopic (exact) mass is 510 g/mol. The molecule has 0 bridgehead atoms. The summed E-state index contributed by atoms with van der Waals surface area (Å²) in [5, 5.41) is 23.5. The molecular formula is C22H19ClF4N6O2. The molecule has 0 radical (unpaired) electrons. The van der Waals surface area contributed by atoms with Crippen LogP contribution in [0.5, 0.6) is 0 Å². The number of nitrogens with zero attached hydrogens (tertiary/aromatic N) is 2. The quantitative estimate of drug-likeness (QED) is 0.0813. The molecule has 1 aromatic heterocycles. The average molecular weight is 511 g/mol. The molecule has 13 heteroatoms. The lowest BCUT2D eigenvalue weighted by Crippen LogP contribution is -2.33. The highest BCUT2D eigenvalue weighted by Gasteiger charge is 2.30. The van der Waals surface area contributed by atoms with E-state index in [2.05, 4.69) is 28.8 Å². The number of hydrogen-bond donors (Lipinski definition) is 5. The van der Waals surface area contributed by atoms with E-state index in [0.29, 0.717) is 16.8 Å². The number of rotatable bonds is 9. The van der Waals surface area contributed by atoms with Crippen molar-refractivity contribution in [1.29, 1.82) is 5.41 Å². The van der Waals surface area contributed by atoms with Gasteiger partial charge in [-0.3, -0.25) is 10.4 Å². The number of anilines is 1. The summed E-state index contributed by atoms with van der Waals surface area (Å²) in [6.45, 7) is 6.61. The molecule has 0 saturated heterocycles. The summed E-state index contributed by atoms with van der Waals surface area (Å²) >= 11 is 5.74. The maximum Gasteiger partial charge on any atom is 0.415 e. The normalized spacial score (nSPS) is 11.8. The molecule has 0 spiro atoms. The number of nitrogens with two attached hydrogens (primary N) is 1. The number of aromatic nitrogens is 1. The summed E-state index contributed by atoms with van der Waals surface area (Å²) in [7, 11) is 0. The van der Waals surface area contributed by atoms with Crippen molar-refractivity contribution >= 4 is 34.7 Å². The minimum atomic E-state index is -4.69. The first-order valence-electron chi connectivity index (χ1n) is 9.44. The molecule has 0 aliphatic rings. The maximum absolute atomic E-state index is 13.3. The number of carboxylic acid groups (broad SMARTS) is 1. The molecule has 0 unspecified atom stereocenters. The first-order chi connectivity index (χ1) is 16.3. The van der Waals surface area contributed by atoms with Crippen molar-refractivity contribution in [1.82, 2.24) is 15.3 Å². The first kappa shape index (κ1) is 27.1. The molecule has 35 heavy (non-hydrogen) atoms. The fourth-order valence-electron chi connectivity index (χ4n) is 2.43. The van der Waals surface area contributed by atoms with E-state index in [1.165, 1.54) is 30.6 Å². The van der Waals surface area contributed by atoms with Crippen LogP contribution in [0.25, 0.3) is 5.57 Å². The van der Waals surface area contributed by atoms with Crippen LogP contribution in [0.2, 0.25) is 5.02 Å². The molecular weight excluding hydrogens is 492 g/mol. The van der Waals surface area contributed by atoms with Gasteiger partial charge in [0, 0.05) is 35.4 Å². The topological polar surface area (TPSA) is 127 Å². The Morgan fingerprint density at radius 3 is 2.54 bits per heavy atom. The Morgan fingerprint density at radius 2 is 1.94 bits per heavy atom. The van der Waals surface area contributed by atoms with Crippen molar-refractivity contribution in [3.8, 4) is 0 Å². The molecule has 0 fully saturated rings. The van der Waals surface area contributed by atoms with Gasteiger partial charge in [0.15, 0.2) is 0 Å². The number of amidine groups is 1. The van der Waals surface area contributed by atoms with Gasteiger partial charge in [0.05, 0.1) is 10.8 Å². The number of allylic oxidation sites excluding steroid dienone is 2. The Hall–Kier alpha value is -4.16. The molecule has 6 N–H and O–H groups in total. The Morgan fingerprint density at radius 1 is 1.26 bits per heavy atom. The Balaban J connectivity index is 2.34. The predicted octanol–water partition coefficient (Wildman–Crippen LogP) is 4.87. The second-order valence-corrected chi connectivity index (χ2v) is 7.17. The molecule has 184 valence electrons. The van der Waals surface area contributed by atoms with E-state index >= 15 is 0 Å². The molecule has 0 saturated carbocycles. The van der Waals surface area contributed by atoms with Gasteiger partial charge in [-0.05, 0) is 42.0 Å². The number of halogens is 5. The molecule has 0 atom stereocenters. The Labute approximate surface area is 202 Å². The maximum atomic E-state index is 13.3. The first-order valence-corrected chi connectivity index (χ1v) is 9.82. The SMILES string of the molecule is C=C(NC=C(C(=N)N(N)/C=C\C(=C)C(F)(F)F)c1ccnc(C(=O)O)c1)Nc1ccc(F)c(Cl)c1. The highest BCUT2D eigenvalue weighted by atomic mass is 35.5. The second-order valence-electron chi connectivity index (χ2n) is 6.76. The van der Waals surface area contributed by atoms with Gasteiger partial charge >= 0.3 is 12.1 Å². The van der Waals surface area contributed by atoms with Gasteiger partial charge < -0.3 is 15.7 Å². The van der Waals surface area contributed by atoms with E-state index < -0.39 is 29.4 Å². The summed E-state index contributed by atoms with van der Waals surface area (Å²) in [4.78, 5) is 15.0. The van der Waals surface area contributed by atoms with E-state index in [1.807, 2.05) is 0 Å². The summed E-state index contributed by atoms with van der Waals surface area (Å²) in [6.07, 6.45) is -0.938. The van der Waals surface area contributed by atoms with Crippen LogP contribution in [0.3, 0.4) is 0 Å². The van der Waals surface area contributed by atoms with E-state index in [-0.39, 0.29) is 27.7 Å². The predicted molar refractivity (Wildman–Crippen MR) is 125 cm³/mol. The highest BCUT2D eigenvalue weighted by molar-refractivity contribution is 6.31. The number of alkyl halides is 3. The third kappa shape index (κ3) is 7.69. The van der Waals surface area contributed by atoms with Crippen molar-refractivity contribution in [3.63, 3.8) is 0 Å². The van der Waals surface area contributed by atoms with E-state index in [0.717, 1.165) is 18.3 Å². The molecule has 0 amide bonds. The number of nitrogens with one attached hydrogen (secondary N) is 3. The van der Waals surface area contributed by atoms with Gasteiger partial charge in [0.25, 0.3) is 0 Å². The van der Waals surface area contributed by atoms with Crippen LogP contribution in [0.4, 0.5) is 23.2 Å². The van der Waals surface area contributed by atoms with Crippen LogP contribution >= 0.6 is 11.6 Å². The fourth-order valence-corrected chi connectivity index (χ4v) is 2.61. The minimum Gasteiger partial charge on any atom is -0.477 e. The van der Waals surface area contributed by atoms with Crippen LogP contribution in [0.1, 0.15) is 16.1 Å². The summed E-state index contributed by atoms with van der Waals surface area (Å²) in [6, 6.07) is 6.34. The lowest BCUT2D eigenvalue weighted by Gasteiger charge is -2.19. The van der Waals surface area contributed by atoms with Gasteiger partial charge in [-0.1, -0.05) is 24.8 Å². The zero-order valence-electron chi connectivity index (χ0n) is 17.8. The Bertz CT molecular complexity index is 1230. The van der Waals surface area contributed by atoms with Gasteiger partial charge in [-0.2, -0.15) is 13.2 Å². The number of carboxylic acids is 1. The van der Waals surface area contributed by atoms with E-state index in [4.69, 9.17) is 22.9 Å². The third-order valence-corrected chi connectivity index (χ3v) is 4.50. The van der Waals surface area contributed by atoms with E-state index in [1.54, 1.807) is 0 Å². The van der Waals surface area contributed by atoms with Gasteiger partial charge in [-0.25, -0.2) is 20.0 Å². The number of pyridine rings is 1. The van der Waals surface area contributed by atoms with Crippen molar-refractivity contribution in [3.05, 3.63) is 102 Å². The fraction of sp³-hybridized carbons (Fsp3) is 0.0455. The van der Waals surface area contributed by atoms with Crippen molar-refractivity contribution in [2.24, 2.45) is 5.84 Å². The molecule has 2 rings (SSSR count). The zero-order chi connectivity index (χ0) is 26.3. The Kier molecular flexibility index (Phi) is 8.75. The van der Waals surface area contributed by atoms with Gasteiger partial charge in [0.2, 0.25) is 0 Å². The summed E-state index contributed by atoms with van der Waals surface area (Å²) in [5.41, 5.74) is -1.03. The molecule has 1 aromatic carbocycles. The van der Waals surface area contributed by atoms with Crippen LogP contribution in [-0.4, -0.2) is 33.1 Å². The second kappa shape index (κ2) is 11.3. The number of carbonyl (C=O) groups is 1. The smallest absolute Gasteiger partial charge is 0.415 e. The van der Waals surface area contributed by atoms with E-state index in [9.17, 15) is 27.5 Å². The van der Waals surface area contributed by atoms with Gasteiger partial charge in [0.1, 0.15) is 17.3 Å². The number of aromatic carboxylic acids is 1. The molecule has 2 aromatic rings. The lowest BCUT2D eigenvalue weighted by atomic mass is 10.1. The lowest BCUT2D eigenvalue weighted by molar-refractivity contribution is -0.0878. The highest BCUT2D eigenvalue weighted by Crippen LogP contribution is 2.25. The summed E-state index contributed by atoms with van der Waals surface area (Å²) in [5.74, 6) is 3.39. The molecule has 0 aliphatic heterocycles. The van der Waals surface area contributed by atoms with Crippen LogP contribution < -0.4 is 16.5 Å². The largest absolute Gasteiger partial charge is 0.477 e. The van der Waals surface area contributed by atoms with Crippen molar-refractivity contribution < 1.29 is 27.5 Å². The van der Waals surface area contributed by atoms with Crippen molar-refractivity contribution in [2.75, 3.05) is 5.32 Å². The molecule has 8 nitrogen and oxygen atoms in total. The number of benzene rings is 1.